The van der Waals surface area contributed by atoms with Gasteiger partial charge in [0.2, 0.25) is 0 Å². The van der Waals surface area contributed by atoms with Crippen molar-refractivity contribution in [3.8, 4) is 11.8 Å². The molecule has 2 bridgehead atoms. The first kappa shape index (κ1) is 9.02. The Hall–Kier alpha value is -1.24. The fourth-order valence-electron chi connectivity index (χ4n) is 2.42. The zero-order valence-corrected chi connectivity index (χ0v) is 7.95. The molecule has 0 aliphatic carbocycles. The van der Waals surface area contributed by atoms with Crippen LogP contribution in [-0.2, 0) is 11.8 Å². The Labute approximate surface area is 85.0 Å². The van der Waals surface area contributed by atoms with Gasteiger partial charge in [0.15, 0.2) is 11.8 Å². The van der Waals surface area contributed by atoms with Crippen LogP contribution >= 0.6 is 0 Å². The molecule has 2 aliphatic rings. The summed E-state index contributed by atoms with van der Waals surface area (Å²) in [5.74, 6) is -0.248. The zero-order valence-electron chi connectivity index (χ0n) is 7.95. The third-order valence-electron chi connectivity index (χ3n) is 3.24. The number of hydrogen-bond donors (Lipinski definition) is 4. The summed E-state index contributed by atoms with van der Waals surface area (Å²) in [4.78, 5) is 0. The summed E-state index contributed by atoms with van der Waals surface area (Å²) in [5, 5.41) is 38.6. The molecule has 4 unspecified atom stereocenters. The van der Waals surface area contributed by atoms with Gasteiger partial charge in [-0.1, -0.05) is 0 Å². The van der Waals surface area contributed by atoms with Crippen molar-refractivity contribution in [3.05, 3.63) is 11.1 Å². The SMILES string of the molecule is Cn1c(O)c2c(c1O)C1OC2C(O)C1O. The smallest absolute Gasteiger partial charge is 0.200 e. The minimum atomic E-state index is -1.05. The molecule has 4 N–H and O–H groups in total. The van der Waals surface area contributed by atoms with Crippen LogP contribution in [0.2, 0.25) is 0 Å². The summed E-state index contributed by atoms with van der Waals surface area (Å²) in [6, 6.07) is 0. The van der Waals surface area contributed by atoms with E-state index in [1.54, 1.807) is 0 Å². The highest BCUT2D eigenvalue weighted by Gasteiger charge is 2.55. The van der Waals surface area contributed by atoms with E-state index in [4.69, 9.17) is 4.74 Å². The van der Waals surface area contributed by atoms with Crippen molar-refractivity contribution in [2.75, 3.05) is 0 Å². The summed E-state index contributed by atoms with van der Waals surface area (Å²) < 4.78 is 6.50. The zero-order chi connectivity index (χ0) is 10.9. The van der Waals surface area contributed by atoms with E-state index in [2.05, 4.69) is 0 Å². The van der Waals surface area contributed by atoms with E-state index >= 15 is 0 Å². The molecule has 0 aromatic carbocycles. The Balaban J connectivity index is 2.25. The molecule has 1 aromatic rings. The second-order valence-electron chi connectivity index (χ2n) is 3.99. The van der Waals surface area contributed by atoms with Gasteiger partial charge < -0.3 is 25.2 Å². The molecule has 3 heterocycles. The molecular formula is C9H11NO5. The van der Waals surface area contributed by atoms with E-state index in [1.807, 2.05) is 0 Å². The normalized spacial score (nSPS) is 37.3. The van der Waals surface area contributed by atoms with Gasteiger partial charge in [-0.25, -0.2) is 0 Å². The van der Waals surface area contributed by atoms with Gasteiger partial charge in [0.25, 0.3) is 0 Å². The van der Waals surface area contributed by atoms with Crippen LogP contribution < -0.4 is 0 Å². The summed E-state index contributed by atoms with van der Waals surface area (Å²) in [6.07, 6.45) is -3.58. The van der Waals surface area contributed by atoms with Crippen molar-refractivity contribution in [1.29, 1.82) is 0 Å². The van der Waals surface area contributed by atoms with Crippen LogP contribution in [-0.4, -0.2) is 37.2 Å². The van der Waals surface area contributed by atoms with Crippen LogP contribution in [0.15, 0.2) is 0 Å². The molecule has 0 spiro atoms. The Kier molecular flexibility index (Phi) is 1.48. The fraction of sp³-hybridized carbons (Fsp3) is 0.556. The number of aromatic nitrogens is 1. The standard InChI is InChI=1S/C9H11NO5/c1-10-8(13)2-3(9(10)14)7-5(12)4(11)6(2)15-7/h4-7,11-14H,1H3. The maximum absolute atomic E-state index is 9.70. The number of aliphatic hydroxyl groups is 2. The van der Waals surface area contributed by atoms with Crippen LogP contribution in [0.5, 0.6) is 11.8 Å². The summed E-state index contributed by atoms with van der Waals surface area (Å²) in [7, 11) is 1.50. The first-order valence-corrected chi connectivity index (χ1v) is 4.66. The Morgan fingerprint density at radius 2 is 1.40 bits per heavy atom. The molecule has 3 rings (SSSR count). The van der Waals surface area contributed by atoms with Gasteiger partial charge in [0, 0.05) is 7.05 Å². The second kappa shape index (κ2) is 2.46. The molecule has 4 atom stereocenters. The molecule has 1 aromatic heterocycles. The number of fused-ring (bicyclic) bond motifs is 5. The lowest BCUT2D eigenvalue weighted by atomic mass is 9.90. The molecule has 6 nitrogen and oxygen atoms in total. The molecule has 6 heteroatoms. The summed E-state index contributed by atoms with van der Waals surface area (Å²) in [6.45, 7) is 0. The van der Waals surface area contributed by atoms with Gasteiger partial charge >= 0.3 is 0 Å². The molecule has 2 aliphatic heterocycles. The first-order chi connectivity index (χ1) is 7.04. The molecule has 15 heavy (non-hydrogen) atoms. The summed E-state index contributed by atoms with van der Waals surface area (Å²) >= 11 is 0. The van der Waals surface area contributed by atoms with Gasteiger partial charge in [-0.05, 0) is 0 Å². The van der Waals surface area contributed by atoms with Crippen molar-refractivity contribution in [2.45, 2.75) is 24.4 Å². The van der Waals surface area contributed by atoms with Gasteiger partial charge in [0.05, 0.1) is 11.1 Å². The number of aliphatic hydroxyl groups excluding tert-OH is 2. The number of hydrogen-bond acceptors (Lipinski definition) is 5. The predicted molar refractivity (Wildman–Crippen MR) is 47.3 cm³/mol. The number of nitrogens with zero attached hydrogens (tertiary/aromatic N) is 1. The number of aromatic hydroxyl groups is 2. The molecular weight excluding hydrogens is 202 g/mol. The molecule has 1 fully saturated rings. The van der Waals surface area contributed by atoms with E-state index < -0.39 is 24.4 Å². The van der Waals surface area contributed by atoms with Crippen molar-refractivity contribution in [3.63, 3.8) is 0 Å². The van der Waals surface area contributed by atoms with E-state index in [1.165, 1.54) is 11.6 Å². The minimum Gasteiger partial charge on any atom is -0.494 e. The Morgan fingerprint density at radius 3 is 1.80 bits per heavy atom. The van der Waals surface area contributed by atoms with Crippen LogP contribution in [0.3, 0.4) is 0 Å². The lowest BCUT2D eigenvalue weighted by molar-refractivity contribution is 0.0211. The molecule has 0 amide bonds. The topological polar surface area (TPSA) is 95.1 Å². The molecule has 0 radical (unpaired) electrons. The third-order valence-corrected chi connectivity index (χ3v) is 3.24. The van der Waals surface area contributed by atoms with Gasteiger partial charge in [0.1, 0.15) is 24.4 Å². The monoisotopic (exact) mass is 213 g/mol. The van der Waals surface area contributed by atoms with Crippen LogP contribution in [0.4, 0.5) is 0 Å². The largest absolute Gasteiger partial charge is 0.494 e. The molecule has 82 valence electrons. The maximum atomic E-state index is 9.70. The van der Waals surface area contributed by atoms with Gasteiger partial charge in [-0.2, -0.15) is 0 Å². The predicted octanol–water partition coefficient (Wildman–Crippen LogP) is -0.716. The first-order valence-electron chi connectivity index (χ1n) is 4.66. The highest BCUT2D eigenvalue weighted by molar-refractivity contribution is 5.53. The highest BCUT2D eigenvalue weighted by Crippen LogP contribution is 2.57. The number of ether oxygens (including phenoxy) is 1. The fourth-order valence-corrected chi connectivity index (χ4v) is 2.42. The van der Waals surface area contributed by atoms with Crippen LogP contribution in [0, 0.1) is 0 Å². The maximum Gasteiger partial charge on any atom is 0.200 e. The number of rotatable bonds is 0. The summed E-state index contributed by atoms with van der Waals surface area (Å²) in [5.41, 5.74) is 0.774. The van der Waals surface area contributed by atoms with E-state index in [0.29, 0.717) is 11.1 Å². The third kappa shape index (κ3) is 0.808. The van der Waals surface area contributed by atoms with Crippen molar-refractivity contribution in [1.82, 2.24) is 4.57 Å². The Bertz CT molecular complexity index is 403. The van der Waals surface area contributed by atoms with E-state index in [-0.39, 0.29) is 11.8 Å². The van der Waals surface area contributed by atoms with E-state index in [0.717, 1.165) is 0 Å². The van der Waals surface area contributed by atoms with Crippen molar-refractivity contribution in [2.24, 2.45) is 7.05 Å². The van der Waals surface area contributed by atoms with Gasteiger partial charge in [-0.3, -0.25) is 4.57 Å². The Morgan fingerprint density at radius 1 is 1.00 bits per heavy atom. The van der Waals surface area contributed by atoms with Gasteiger partial charge in [-0.15, -0.1) is 0 Å². The van der Waals surface area contributed by atoms with Crippen molar-refractivity contribution < 1.29 is 25.2 Å². The average Bonchev–Trinajstić information content (AvgIpc) is 2.79. The van der Waals surface area contributed by atoms with Crippen LogP contribution in [0.1, 0.15) is 23.3 Å². The minimum absolute atomic E-state index is 0.124. The second-order valence-corrected chi connectivity index (χ2v) is 3.99. The highest BCUT2D eigenvalue weighted by atomic mass is 16.5. The lowest BCUT2D eigenvalue weighted by Crippen LogP contribution is -2.30. The molecule has 1 saturated heterocycles. The quantitative estimate of drug-likeness (QED) is 0.456. The van der Waals surface area contributed by atoms with E-state index in [9.17, 15) is 20.4 Å². The van der Waals surface area contributed by atoms with Crippen LogP contribution in [0.25, 0.3) is 0 Å². The van der Waals surface area contributed by atoms with Crippen molar-refractivity contribution >= 4 is 0 Å². The average molecular weight is 213 g/mol. The lowest BCUT2D eigenvalue weighted by Gasteiger charge is -2.18. The molecule has 0 saturated carbocycles.